The lowest BCUT2D eigenvalue weighted by Gasteiger charge is -2.23. The number of thiazole rings is 1. The first kappa shape index (κ1) is 19.5. The van der Waals surface area contributed by atoms with Gasteiger partial charge in [-0.05, 0) is 24.3 Å². The summed E-state index contributed by atoms with van der Waals surface area (Å²) in [6.45, 7) is 0.406. The largest absolute Gasteiger partial charge is 0.497 e. The van der Waals surface area contributed by atoms with Gasteiger partial charge in [-0.2, -0.15) is 0 Å². The van der Waals surface area contributed by atoms with E-state index in [1.54, 1.807) is 53.5 Å². The highest BCUT2D eigenvalue weighted by atomic mass is 32.2. The molecule has 1 aromatic heterocycles. The van der Waals surface area contributed by atoms with E-state index < -0.39 is 6.04 Å². The Morgan fingerprint density at radius 3 is 2.78 bits per heavy atom. The molecule has 0 unspecified atom stereocenters. The van der Waals surface area contributed by atoms with E-state index in [0.717, 1.165) is 11.4 Å². The monoisotopic (exact) mass is 407 g/mol. The lowest BCUT2D eigenvalue weighted by molar-refractivity contribution is -0.139. The van der Waals surface area contributed by atoms with Gasteiger partial charge in [-0.15, -0.1) is 23.1 Å². The Labute approximate surface area is 166 Å². The molecule has 0 radical (unpaired) electrons. The molecule has 144 valence electrons. The Balaban J connectivity index is 1.47. The van der Waals surface area contributed by atoms with Gasteiger partial charge in [0.25, 0.3) is 5.91 Å². The molecule has 1 atom stereocenters. The van der Waals surface area contributed by atoms with E-state index in [4.69, 9.17) is 9.47 Å². The van der Waals surface area contributed by atoms with Crippen molar-refractivity contribution in [3.8, 4) is 11.5 Å². The lowest BCUT2D eigenvalue weighted by Crippen LogP contribution is -2.48. The third-order valence-corrected chi connectivity index (χ3v) is 5.74. The van der Waals surface area contributed by atoms with Gasteiger partial charge in [0.1, 0.15) is 17.5 Å². The molecule has 2 aromatic rings. The number of carbonyl (C=O) groups excluding carboxylic acids is 2. The third kappa shape index (κ3) is 5.36. The third-order valence-electron chi connectivity index (χ3n) is 4.09. The number of carbonyl (C=O) groups is 2. The van der Waals surface area contributed by atoms with E-state index >= 15 is 0 Å². The fourth-order valence-electron chi connectivity index (χ4n) is 2.60. The van der Waals surface area contributed by atoms with Gasteiger partial charge in [-0.25, -0.2) is 4.98 Å². The molecule has 0 spiro atoms. The Morgan fingerprint density at radius 1 is 1.30 bits per heavy atom. The Morgan fingerprint density at radius 2 is 2.07 bits per heavy atom. The summed E-state index contributed by atoms with van der Waals surface area (Å²) in [7, 11) is 1.59. The van der Waals surface area contributed by atoms with Gasteiger partial charge in [0, 0.05) is 24.1 Å². The predicted octanol–water partition coefficient (Wildman–Crippen LogP) is 1.79. The van der Waals surface area contributed by atoms with Crippen LogP contribution in [-0.4, -0.2) is 59.6 Å². The van der Waals surface area contributed by atoms with Gasteiger partial charge < -0.3 is 19.7 Å². The number of ether oxygens (including phenoxy) is 2. The second-order valence-electron chi connectivity index (χ2n) is 5.86. The molecule has 1 aromatic carbocycles. The summed E-state index contributed by atoms with van der Waals surface area (Å²) in [6.07, 6.45) is 0.684. The van der Waals surface area contributed by atoms with Crippen LogP contribution in [-0.2, 0) is 16.0 Å². The Bertz CT molecular complexity index is 752. The van der Waals surface area contributed by atoms with Crippen LogP contribution in [0.5, 0.6) is 11.5 Å². The zero-order valence-corrected chi connectivity index (χ0v) is 16.6. The van der Waals surface area contributed by atoms with Gasteiger partial charge in [0.05, 0.1) is 24.2 Å². The summed E-state index contributed by atoms with van der Waals surface area (Å²) in [5.41, 5.74) is 2.73. The molecule has 0 aliphatic carbocycles. The van der Waals surface area contributed by atoms with Crippen molar-refractivity contribution >= 4 is 34.9 Å². The summed E-state index contributed by atoms with van der Waals surface area (Å²) in [4.78, 5) is 30.7. The zero-order valence-electron chi connectivity index (χ0n) is 14.9. The fraction of sp³-hybridized carbons (Fsp3) is 0.389. The van der Waals surface area contributed by atoms with E-state index in [1.807, 2.05) is 5.38 Å². The molecule has 2 heterocycles. The van der Waals surface area contributed by atoms with E-state index in [9.17, 15) is 9.59 Å². The van der Waals surface area contributed by atoms with Crippen molar-refractivity contribution in [2.24, 2.45) is 0 Å². The number of methoxy groups -OCH3 is 1. The maximum absolute atomic E-state index is 12.5. The number of hydrogen-bond acceptors (Lipinski definition) is 7. The molecule has 1 fully saturated rings. The number of hydrogen-bond donors (Lipinski definition) is 1. The van der Waals surface area contributed by atoms with Crippen LogP contribution in [0.25, 0.3) is 0 Å². The summed E-state index contributed by atoms with van der Waals surface area (Å²) >= 11 is 3.10. The highest BCUT2D eigenvalue weighted by Crippen LogP contribution is 2.22. The molecule has 0 saturated carbocycles. The minimum Gasteiger partial charge on any atom is -0.497 e. The average molecular weight is 408 g/mol. The van der Waals surface area contributed by atoms with E-state index in [2.05, 4.69) is 10.3 Å². The van der Waals surface area contributed by atoms with Crippen LogP contribution in [0, 0.1) is 0 Å². The van der Waals surface area contributed by atoms with Crippen LogP contribution in [0.3, 0.4) is 0 Å². The zero-order chi connectivity index (χ0) is 19.1. The highest BCUT2D eigenvalue weighted by molar-refractivity contribution is 7.99. The Kier molecular flexibility index (Phi) is 6.94. The molecule has 7 nitrogen and oxygen atoms in total. The van der Waals surface area contributed by atoms with Crippen molar-refractivity contribution in [1.29, 1.82) is 0 Å². The minimum atomic E-state index is -0.461. The van der Waals surface area contributed by atoms with Gasteiger partial charge in [0.15, 0.2) is 6.61 Å². The van der Waals surface area contributed by atoms with Crippen LogP contribution < -0.4 is 14.8 Å². The van der Waals surface area contributed by atoms with Gasteiger partial charge >= 0.3 is 0 Å². The predicted molar refractivity (Wildman–Crippen MR) is 105 cm³/mol. The number of nitrogens with one attached hydrogen (secondary N) is 1. The quantitative estimate of drug-likeness (QED) is 0.719. The normalized spacial score (nSPS) is 16.2. The summed E-state index contributed by atoms with van der Waals surface area (Å²) in [6, 6.07) is 6.56. The number of benzene rings is 1. The first-order valence-electron chi connectivity index (χ1n) is 8.46. The molecule has 1 saturated heterocycles. The first-order valence-corrected chi connectivity index (χ1v) is 10.6. The van der Waals surface area contributed by atoms with Crippen LogP contribution in [0.2, 0.25) is 0 Å². The number of rotatable bonds is 8. The van der Waals surface area contributed by atoms with Crippen molar-refractivity contribution in [3.63, 3.8) is 0 Å². The highest BCUT2D eigenvalue weighted by Gasteiger charge is 2.34. The molecule has 3 rings (SSSR count). The molecule has 2 amide bonds. The number of thioether (sulfide) groups is 1. The van der Waals surface area contributed by atoms with Crippen LogP contribution in [0.4, 0.5) is 0 Å². The molecule has 1 aliphatic heterocycles. The van der Waals surface area contributed by atoms with E-state index in [-0.39, 0.29) is 18.4 Å². The van der Waals surface area contributed by atoms with Gasteiger partial charge in [0.2, 0.25) is 5.91 Å². The van der Waals surface area contributed by atoms with Crippen molar-refractivity contribution in [1.82, 2.24) is 15.2 Å². The van der Waals surface area contributed by atoms with Crippen molar-refractivity contribution in [2.75, 3.05) is 31.9 Å². The average Bonchev–Trinajstić information content (AvgIpc) is 3.38. The molecular weight excluding hydrogens is 386 g/mol. The second-order valence-corrected chi connectivity index (χ2v) is 7.58. The van der Waals surface area contributed by atoms with Crippen LogP contribution in [0.15, 0.2) is 35.2 Å². The minimum absolute atomic E-state index is 0.102. The first-order chi connectivity index (χ1) is 13.2. The standard InChI is InChI=1S/C18H21N3O4S2/c1-24-14-2-4-15(5-3-14)25-8-17(22)21-12-27-10-16(21)18(23)19-7-6-13-9-26-11-20-13/h2-5,9,11,16H,6-8,10,12H2,1H3,(H,19,23)/t16-/m1/s1. The molecular formula is C18H21N3O4S2. The topological polar surface area (TPSA) is 80.8 Å². The molecule has 0 bridgehead atoms. The van der Waals surface area contributed by atoms with Crippen molar-refractivity contribution in [3.05, 3.63) is 40.8 Å². The van der Waals surface area contributed by atoms with E-state index in [0.29, 0.717) is 30.3 Å². The summed E-state index contributed by atoms with van der Waals surface area (Å²) < 4.78 is 10.6. The summed E-state index contributed by atoms with van der Waals surface area (Å²) in [5, 5.41) is 4.86. The van der Waals surface area contributed by atoms with Gasteiger partial charge in [-0.3, -0.25) is 9.59 Å². The van der Waals surface area contributed by atoms with E-state index in [1.165, 1.54) is 11.3 Å². The lowest BCUT2D eigenvalue weighted by atomic mass is 10.2. The molecule has 27 heavy (non-hydrogen) atoms. The maximum Gasteiger partial charge on any atom is 0.261 e. The van der Waals surface area contributed by atoms with Gasteiger partial charge in [-0.1, -0.05) is 0 Å². The maximum atomic E-state index is 12.5. The molecule has 9 heteroatoms. The smallest absolute Gasteiger partial charge is 0.261 e. The molecule has 1 aliphatic rings. The number of aromatic nitrogens is 1. The SMILES string of the molecule is COc1ccc(OCC(=O)N2CSC[C@@H]2C(=O)NCCc2cscn2)cc1. The summed E-state index contributed by atoms with van der Waals surface area (Å²) in [5.74, 6) is 2.06. The second kappa shape index (κ2) is 9.61. The fourth-order valence-corrected chi connectivity index (χ4v) is 4.37. The Hall–Kier alpha value is -2.26. The van der Waals surface area contributed by atoms with Crippen molar-refractivity contribution in [2.45, 2.75) is 12.5 Å². The molecule has 1 N–H and O–H groups in total. The number of amides is 2. The van der Waals surface area contributed by atoms with Crippen LogP contribution in [0.1, 0.15) is 5.69 Å². The van der Waals surface area contributed by atoms with Crippen LogP contribution >= 0.6 is 23.1 Å². The van der Waals surface area contributed by atoms with Crippen molar-refractivity contribution < 1.29 is 19.1 Å². The number of nitrogens with zero attached hydrogens (tertiary/aromatic N) is 2.